The number of aliphatic hydroxyl groups is 1. The van der Waals surface area contributed by atoms with Gasteiger partial charge in [0.25, 0.3) is 0 Å². The molecule has 3 rings (SSSR count). The highest BCUT2D eigenvalue weighted by Gasteiger charge is 2.04. The molecule has 2 aromatic carbocycles. The Morgan fingerprint density at radius 3 is 2.68 bits per heavy atom. The van der Waals surface area contributed by atoms with Gasteiger partial charge in [-0.25, -0.2) is 0 Å². The van der Waals surface area contributed by atoms with Crippen LogP contribution in [0.25, 0.3) is 10.8 Å². The molecule has 1 N–H and O–H groups in total. The van der Waals surface area contributed by atoms with Crippen LogP contribution in [0.2, 0.25) is 0 Å². The fourth-order valence-electron chi connectivity index (χ4n) is 1.99. The molecular weight excluding hydrogens is 238 g/mol. The fraction of sp³-hybridized carbons (Fsp3) is 0.0625. The van der Waals surface area contributed by atoms with Crippen LogP contribution in [0.1, 0.15) is 5.56 Å². The van der Waals surface area contributed by atoms with E-state index in [1.807, 2.05) is 36.4 Å². The van der Waals surface area contributed by atoms with Gasteiger partial charge in [0.1, 0.15) is 5.75 Å². The van der Waals surface area contributed by atoms with Crippen LogP contribution in [0.5, 0.6) is 11.5 Å². The molecule has 0 aliphatic carbocycles. The van der Waals surface area contributed by atoms with Gasteiger partial charge in [-0.15, -0.1) is 0 Å². The average Bonchev–Trinajstić information content (AvgIpc) is 2.48. The molecule has 0 aliphatic rings. The van der Waals surface area contributed by atoms with Crippen molar-refractivity contribution in [3.05, 3.63) is 66.5 Å². The van der Waals surface area contributed by atoms with Crippen molar-refractivity contribution in [3.8, 4) is 11.5 Å². The van der Waals surface area contributed by atoms with Gasteiger partial charge in [-0.05, 0) is 29.0 Å². The van der Waals surface area contributed by atoms with Crippen LogP contribution in [0.4, 0.5) is 0 Å². The molecule has 3 nitrogen and oxygen atoms in total. The molecule has 0 spiro atoms. The molecule has 1 heterocycles. The third-order valence-corrected chi connectivity index (χ3v) is 2.99. The van der Waals surface area contributed by atoms with Gasteiger partial charge >= 0.3 is 0 Å². The second-order valence-corrected chi connectivity index (χ2v) is 4.25. The summed E-state index contributed by atoms with van der Waals surface area (Å²) in [5.74, 6) is 1.32. The predicted octanol–water partition coefficient (Wildman–Crippen LogP) is 3.52. The zero-order valence-corrected chi connectivity index (χ0v) is 10.3. The number of benzene rings is 2. The highest BCUT2D eigenvalue weighted by atomic mass is 16.5. The molecule has 0 unspecified atom stereocenters. The zero-order valence-electron chi connectivity index (χ0n) is 10.3. The van der Waals surface area contributed by atoms with Crippen LogP contribution in [-0.4, -0.2) is 10.1 Å². The Bertz CT molecular complexity index is 710. The standard InChI is InChI=1S/C16H13NO2/c18-11-14-7-8-17-10-16(14)19-15-6-5-12-3-1-2-4-13(12)9-15/h1-10,18H,11H2. The minimum absolute atomic E-state index is 0.0641. The second-order valence-electron chi connectivity index (χ2n) is 4.25. The summed E-state index contributed by atoms with van der Waals surface area (Å²) >= 11 is 0. The molecule has 0 bridgehead atoms. The van der Waals surface area contributed by atoms with Crippen LogP contribution in [0, 0.1) is 0 Å². The number of aliphatic hydroxyl groups excluding tert-OH is 1. The van der Waals surface area contributed by atoms with Gasteiger partial charge < -0.3 is 9.84 Å². The fourth-order valence-corrected chi connectivity index (χ4v) is 1.99. The maximum absolute atomic E-state index is 9.26. The first-order valence-electron chi connectivity index (χ1n) is 6.07. The summed E-state index contributed by atoms with van der Waals surface area (Å²) in [6, 6.07) is 15.7. The average molecular weight is 251 g/mol. The van der Waals surface area contributed by atoms with Crippen LogP contribution in [0.3, 0.4) is 0 Å². The Hall–Kier alpha value is -2.39. The van der Waals surface area contributed by atoms with Gasteiger partial charge in [-0.1, -0.05) is 30.3 Å². The van der Waals surface area contributed by atoms with E-state index in [1.165, 1.54) is 5.39 Å². The Labute approximate surface area is 111 Å². The third-order valence-electron chi connectivity index (χ3n) is 2.99. The molecule has 3 aromatic rings. The van der Waals surface area contributed by atoms with Crippen molar-refractivity contribution in [3.63, 3.8) is 0 Å². The van der Waals surface area contributed by atoms with Crippen LogP contribution in [-0.2, 0) is 6.61 Å². The van der Waals surface area contributed by atoms with Crippen molar-refractivity contribution in [1.29, 1.82) is 0 Å². The van der Waals surface area contributed by atoms with E-state index >= 15 is 0 Å². The van der Waals surface area contributed by atoms with Gasteiger partial charge in [0.2, 0.25) is 0 Å². The monoisotopic (exact) mass is 251 g/mol. The lowest BCUT2D eigenvalue weighted by molar-refractivity contribution is 0.276. The molecule has 0 fully saturated rings. The summed E-state index contributed by atoms with van der Waals surface area (Å²) < 4.78 is 5.79. The molecule has 1 aromatic heterocycles. The van der Waals surface area contributed by atoms with Crippen molar-refractivity contribution in [2.24, 2.45) is 0 Å². The van der Waals surface area contributed by atoms with Gasteiger partial charge in [-0.2, -0.15) is 0 Å². The van der Waals surface area contributed by atoms with E-state index in [9.17, 15) is 5.11 Å². The molecule has 0 radical (unpaired) electrons. The highest BCUT2D eigenvalue weighted by molar-refractivity contribution is 5.83. The van der Waals surface area contributed by atoms with E-state index in [0.29, 0.717) is 5.75 Å². The summed E-state index contributed by atoms with van der Waals surface area (Å²) in [5.41, 5.74) is 0.725. The van der Waals surface area contributed by atoms with Crippen LogP contribution >= 0.6 is 0 Å². The SMILES string of the molecule is OCc1ccncc1Oc1ccc2ccccc2c1. The Morgan fingerprint density at radius 2 is 1.84 bits per heavy atom. The second kappa shape index (κ2) is 5.08. The van der Waals surface area contributed by atoms with E-state index in [2.05, 4.69) is 11.1 Å². The lowest BCUT2D eigenvalue weighted by Crippen LogP contribution is -1.92. The molecule has 19 heavy (non-hydrogen) atoms. The van der Waals surface area contributed by atoms with Gasteiger partial charge in [0, 0.05) is 11.8 Å². The zero-order chi connectivity index (χ0) is 13.1. The number of fused-ring (bicyclic) bond motifs is 1. The van der Waals surface area contributed by atoms with Crippen molar-refractivity contribution in [2.45, 2.75) is 6.61 Å². The Balaban J connectivity index is 1.96. The highest BCUT2D eigenvalue weighted by Crippen LogP contribution is 2.27. The summed E-state index contributed by atoms with van der Waals surface area (Å²) in [6.07, 6.45) is 3.25. The number of rotatable bonds is 3. The van der Waals surface area contributed by atoms with Crippen LogP contribution < -0.4 is 4.74 Å². The molecule has 0 saturated heterocycles. The summed E-state index contributed by atoms with van der Waals surface area (Å²) in [5, 5.41) is 11.6. The normalized spacial score (nSPS) is 10.6. The number of aromatic nitrogens is 1. The van der Waals surface area contributed by atoms with Crippen molar-refractivity contribution in [2.75, 3.05) is 0 Å². The molecule has 0 amide bonds. The van der Waals surface area contributed by atoms with E-state index in [1.54, 1.807) is 18.5 Å². The summed E-state index contributed by atoms with van der Waals surface area (Å²) in [7, 11) is 0. The van der Waals surface area contributed by atoms with Gasteiger partial charge in [0.05, 0.1) is 12.8 Å². The lowest BCUT2D eigenvalue weighted by atomic mass is 10.1. The number of hydrogen-bond donors (Lipinski definition) is 1. The number of ether oxygens (including phenoxy) is 1. The Morgan fingerprint density at radius 1 is 1.00 bits per heavy atom. The van der Waals surface area contributed by atoms with Crippen LogP contribution in [0.15, 0.2) is 60.9 Å². The van der Waals surface area contributed by atoms with Gasteiger partial charge in [-0.3, -0.25) is 4.98 Å². The van der Waals surface area contributed by atoms with E-state index in [4.69, 9.17) is 4.74 Å². The van der Waals surface area contributed by atoms with Crippen molar-refractivity contribution in [1.82, 2.24) is 4.98 Å². The van der Waals surface area contributed by atoms with Crippen molar-refractivity contribution < 1.29 is 9.84 Å². The lowest BCUT2D eigenvalue weighted by Gasteiger charge is -2.09. The molecule has 94 valence electrons. The molecule has 0 atom stereocenters. The summed E-state index contributed by atoms with van der Waals surface area (Å²) in [4.78, 5) is 4.02. The first-order valence-corrected chi connectivity index (χ1v) is 6.07. The minimum Gasteiger partial charge on any atom is -0.455 e. The number of nitrogens with zero attached hydrogens (tertiary/aromatic N) is 1. The third kappa shape index (κ3) is 2.41. The molecule has 0 aliphatic heterocycles. The molecule has 3 heteroatoms. The minimum atomic E-state index is -0.0641. The van der Waals surface area contributed by atoms with E-state index in [0.717, 1.165) is 16.7 Å². The topological polar surface area (TPSA) is 42.4 Å². The molecule has 0 saturated carbocycles. The first-order chi connectivity index (χ1) is 9.36. The summed E-state index contributed by atoms with van der Waals surface area (Å²) in [6.45, 7) is -0.0641. The van der Waals surface area contributed by atoms with Crippen molar-refractivity contribution >= 4 is 10.8 Å². The van der Waals surface area contributed by atoms with Gasteiger partial charge in [0.15, 0.2) is 5.75 Å². The maximum atomic E-state index is 9.26. The van der Waals surface area contributed by atoms with E-state index < -0.39 is 0 Å². The smallest absolute Gasteiger partial charge is 0.151 e. The quantitative estimate of drug-likeness (QED) is 0.774. The Kier molecular flexibility index (Phi) is 3.12. The number of hydrogen-bond acceptors (Lipinski definition) is 3. The largest absolute Gasteiger partial charge is 0.455 e. The maximum Gasteiger partial charge on any atom is 0.151 e. The predicted molar refractivity (Wildman–Crippen MR) is 74.2 cm³/mol. The first kappa shape index (κ1) is 11.7. The van der Waals surface area contributed by atoms with E-state index in [-0.39, 0.29) is 6.61 Å². The molecular formula is C16H13NO2. The number of pyridine rings is 1.